The van der Waals surface area contributed by atoms with Crippen LogP contribution in [0.25, 0.3) is 0 Å². The zero-order valence-electron chi connectivity index (χ0n) is 13.5. The second kappa shape index (κ2) is 7.01. The maximum atomic E-state index is 12.8. The molecule has 0 saturated carbocycles. The Balaban J connectivity index is 1.60. The molecule has 2 saturated heterocycles. The van der Waals surface area contributed by atoms with Crippen LogP contribution >= 0.6 is 0 Å². The van der Waals surface area contributed by atoms with Crippen molar-refractivity contribution < 1.29 is 18.0 Å². The van der Waals surface area contributed by atoms with Crippen LogP contribution in [-0.2, 0) is 11.0 Å². The standard InChI is InChI=1S/C17H22F3N3O/c18-17(19,20)14-2-1-3-15(12-14)22-8-10-23(11-9-22)16(24)13-4-6-21-7-5-13/h1-3,12-13,21H,4-11H2. The van der Waals surface area contributed by atoms with Crippen molar-refractivity contribution in [3.63, 3.8) is 0 Å². The number of benzene rings is 1. The Morgan fingerprint density at radius 2 is 1.75 bits per heavy atom. The van der Waals surface area contributed by atoms with Gasteiger partial charge >= 0.3 is 6.18 Å². The van der Waals surface area contributed by atoms with Crippen LogP contribution in [0.4, 0.5) is 18.9 Å². The number of carbonyl (C=O) groups is 1. The van der Waals surface area contributed by atoms with Gasteiger partial charge in [-0.25, -0.2) is 0 Å². The molecule has 0 aliphatic carbocycles. The number of nitrogens with zero attached hydrogens (tertiary/aromatic N) is 2. The lowest BCUT2D eigenvalue weighted by molar-refractivity contribution is -0.137. The minimum Gasteiger partial charge on any atom is -0.368 e. The van der Waals surface area contributed by atoms with Crippen molar-refractivity contribution in [2.24, 2.45) is 5.92 Å². The highest BCUT2D eigenvalue weighted by molar-refractivity contribution is 5.79. The molecule has 2 aliphatic heterocycles. The van der Waals surface area contributed by atoms with Crippen molar-refractivity contribution in [3.8, 4) is 0 Å². The van der Waals surface area contributed by atoms with Gasteiger partial charge in [-0.15, -0.1) is 0 Å². The first-order chi connectivity index (χ1) is 11.4. The average molecular weight is 341 g/mol. The van der Waals surface area contributed by atoms with Crippen molar-refractivity contribution in [2.75, 3.05) is 44.2 Å². The van der Waals surface area contributed by atoms with E-state index in [0.717, 1.165) is 32.0 Å². The largest absolute Gasteiger partial charge is 0.416 e. The fraction of sp³-hybridized carbons (Fsp3) is 0.588. The molecule has 2 fully saturated rings. The Morgan fingerprint density at radius 1 is 1.08 bits per heavy atom. The number of piperazine rings is 1. The number of nitrogens with one attached hydrogen (secondary N) is 1. The van der Waals surface area contributed by atoms with E-state index in [1.807, 2.05) is 9.80 Å². The van der Waals surface area contributed by atoms with Gasteiger partial charge in [0.2, 0.25) is 5.91 Å². The molecule has 0 spiro atoms. The summed E-state index contributed by atoms with van der Waals surface area (Å²) in [6.07, 6.45) is -2.60. The number of rotatable bonds is 2. The van der Waals surface area contributed by atoms with Crippen molar-refractivity contribution in [2.45, 2.75) is 19.0 Å². The van der Waals surface area contributed by atoms with Gasteiger partial charge in [0.15, 0.2) is 0 Å². The molecule has 0 aromatic heterocycles. The molecule has 1 amide bonds. The third-order valence-electron chi connectivity index (χ3n) is 4.82. The highest BCUT2D eigenvalue weighted by Crippen LogP contribution is 2.32. The number of carbonyl (C=O) groups excluding carboxylic acids is 1. The second-order valence-corrected chi connectivity index (χ2v) is 6.38. The van der Waals surface area contributed by atoms with E-state index in [2.05, 4.69) is 5.32 Å². The predicted molar refractivity (Wildman–Crippen MR) is 85.8 cm³/mol. The van der Waals surface area contributed by atoms with Gasteiger partial charge in [0.05, 0.1) is 5.56 Å². The summed E-state index contributed by atoms with van der Waals surface area (Å²) >= 11 is 0. The van der Waals surface area contributed by atoms with Crippen LogP contribution < -0.4 is 10.2 Å². The van der Waals surface area contributed by atoms with Crippen LogP contribution in [0.3, 0.4) is 0 Å². The van der Waals surface area contributed by atoms with E-state index < -0.39 is 11.7 Å². The number of anilines is 1. The van der Waals surface area contributed by atoms with Gasteiger partial charge in [0.25, 0.3) is 0 Å². The number of hydrogen-bond donors (Lipinski definition) is 1. The van der Waals surface area contributed by atoms with Gasteiger partial charge in [0, 0.05) is 37.8 Å². The van der Waals surface area contributed by atoms with E-state index in [1.54, 1.807) is 6.07 Å². The molecule has 7 heteroatoms. The molecule has 2 heterocycles. The first-order valence-corrected chi connectivity index (χ1v) is 8.37. The summed E-state index contributed by atoms with van der Waals surface area (Å²) in [6, 6.07) is 5.40. The number of halogens is 3. The lowest BCUT2D eigenvalue weighted by Gasteiger charge is -2.38. The van der Waals surface area contributed by atoms with E-state index in [0.29, 0.717) is 31.9 Å². The average Bonchev–Trinajstić information content (AvgIpc) is 2.61. The molecule has 1 N–H and O–H groups in total. The van der Waals surface area contributed by atoms with Crippen LogP contribution in [0.1, 0.15) is 18.4 Å². The fourth-order valence-corrected chi connectivity index (χ4v) is 3.39. The Hall–Kier alpha value is -1.76. The van der Waals surface area contributed by atoms with Crippen molar-refractivity contribution in [1.29, 1.82) is 0 Å². The molecule has 1 aromatic rings. The maximum Gasteiger partial charge on any atom is 0.416 e. The molecule has 132 valence electrons. The summed E-state index contributed by atoms with van der Waals surface area (Å²) < 4.78 is 38.5. The minimum absolute atomic E-state index is 0.0892. The van der Waals surface area contributed by atoms with Gasteiger partial charge < -0.3 is 15.1 Å². The molecule has 24 heavy (non-hydrogen) atoms. The summed E-state index contributed by atoms with van der Waals surface area (Å²) in [5.74, 6) is 0.284. The monoisotopic (exact) mass is 341 g/mol. The molecule has 1 aromatic carbocycles. The SMILES string of the molecule is O=C(C1CCNCC1)N1CCN(c2cccc(C(F)(F)F)c2)CC1. The third-order valence-corrected chi connectivity index (χ3v) is 4.82. The Morgan fingerprint density at radius 3 is 2.38 bits per heavy atom. The number of amides is 1. The summed E-state index contributed by atoms with van der Waals surface area (Å²) in [5.41, 5.74) is -0.0630. The predicted octanol–water partition coefficient (Wildman–Crippen LogP) is 2.35. The van der Waals surface area contributed by atoms with E-state index in [1.165, 1.54) is 12.1 Å². The molecule has 2 aliphatic rings. The zero-order valence-corrected chi connectivity index (χ0v) is 13.5. The topological polar surface area (TPSA) is 35.6 Å². The summed E-state index contributed by atoms with van der Waals surface area (Å²) in [7, 11) is 0. The number of piperidine rings is 1. The van der Waals surface area contributed by atoms with Gasteiger partial charge in [-0.05, 0) is 44.1 Å². The van der Waals surface area contributed by atoms with E-state index in [4.69, 9.17) is 0 Å². The fourth-order valence-electron chi connectivity index (χ4n) is 3.39. The summed E-state index contributed by atoms with van der Waals surface area (Å²) in [6.45, 7) is 4.02. The third kappa shape index (κ3) is 3.83. The van der Waals surface area contributed by atoms with Crippen LogP contribution in [0, 0.1) is 5.92 Å². The van der Waals surface area contributed by atoms with Gasteiger partial charge in [-0.3, -0.25) is 4.79 Å². The maximum absolute atomic E-state index is 12.8. The van der Waals surface area contributed by atoms with Crippen LogP contribution in [0.5, 0.6) is 0 Å². The Kier molecular flexibility index (Phi) is 4.99. The van der Waals surface area contributed by atoms with E-state index in [9.17, 15) is 18.0 Å². The van der Waals surface area contributed by atoms with Gasteiger partial charge in [-0.1, -0.05) is 6.07 Å². The molecule has 3 rings (SSSR count). The lowest BCUT2D eigenvalue weighted by atomic mass is 9.96. The van der Waals surface area contributed by atoms with Gasteiger partial charge in [-0.2, -0.15) is 13.2 Å². The number of alkyl halides is 3. The molecule has 0 bridgehead atoms. The van der Waals surface area contributed by atoms with Crippen LogP contribution in [0.15, 0.2) is 24.3 Å². The minimum atomic E-state index is -4.33. The molecule has 0 unspecified atom stereocenters. The smallest absolute Gasteiger partial charge is 0.368 e. The second-order valence-electron chi connectivity index (χ2n) is 6.38. The summed E-state index contributed by atoms with van der Waals surface area (Å²) in [4.78, 5) is 16.3. The van der Waals surface area contributed by atoms with Crippen LogP contribution in [-0.4, -0.2) is 50.1 Å². The highest BCUT2D eigenvalue weighted by Gasteiger charge is 2.32. The number of hydrogen-bond acceptors (Lipinski definition) is 3. The van der Waals surface area contributed by atoms with E-state index in [-0.39, 0.29) is 11.8 Å². The van der Waals surface area contributed by atoms with E-state index >= 15 is 0 Å². The van der Waals surface area contributed by atoms with Gasteiger partial charge in [0.1, 0.15) is 0 Å². The zero-order chi connectivity index (χ0) is 17.2. The Labute approximate surface area is 139 Å². The first-order valence-electron chi connectivity index (χ1n) is 8.37. The molecular weight excluding hydrogens is 319 g/mol. The first kappa shape index (κ1) is 17.1. The van der Waals surface area contributed by atoms with Crippen molar-refractivity contribution in [3.05, 3.63) is 29.8 Å². The summed E-state index contributed by atoms with van der Waals surface area (Å²) in [5, 5.41) is 3.25. The Bertz CT molecular complexity index is 577. The highest BCUT2D eigenvalue weighted by atomic mass is 19.4. The molecule has 0 radical (unpaired) electrons. The van der Waals surface area contributed by atoms with Crippen LogP contribution in [0.2, 0.25) is 0 Å². The lowest BCUT2D eigenvalue weighted by Crippen LogP contribution is -2.51. The molecule has 4 nitrogen and oxygen atoms in total. The van der Waals surface area contributed by atoms with Crippen molar-refractivity contribution in [1.82, 2.24) is 10.2 Å². The quantitative estimate of drug-likeness (QED) is 0.897. The van der Waals surface area contributed by atoms with Crippen molar-refractivity contribution >= 4 is 11.6 Å². The molecule has 0 atom stereocenters. The molecular formula is C17H22F3N3O. The normalized spacial score (nSPS) is 20.3.